The molecule has 4 aromatic rings. The highest BCUT2D eigenvalue weighted by molar-refractivity contribution is 9.10. The number of anilines is 1. The van der Waals surface area contributed by atoms with E-state index in [0.29, 0.717) is 21.5 Å². The summed E-state index contributed by atoms with van der Waals surface area (Å²) in [5, 5.41) is 8.55. The van der Waals surface area contributed by atoms with Gasteiger partial charge in [0.25, 0.3) is 0 Å². The van der Waals surface area contributed by atoms with Crippen molar-refractivity contribution >= 4 is 60.8 Å². The molecular formula is C20H13BrClFN4OS. The van der Waals surface area contributed by atoms with Crippen LogP contribution >= 0.6 is 38.9 Å². The fraction of sp³-hybridized carbons (Fsp3) is 0.150. The van der Waals surface area contributed by atoms with E-state index in [1.54, 1.807) is 10.7 Å². The molecule has 9 heteroatoms. The number of halogens is 3. The SMILES string of the molecule is Cc1nn(-c2nc3ccc(Br)cc3s2)c2c1C(c1ccc(F)cc1Cl)CC(=O)N2. The smallest absolute Gasteiger partial charge is 0.226 e. The second kappa shape index (κ2) is 6.90. The van der Waals surface area contributed by atoms with Gasteiger partial charge in [0.05, 0.1) is 15.9 Å². The highest BCUT2D eigenvalue weighted by Gasteiger charge is 2.34. The molecule has 29 heavy (non-hydrogen) atoms. The van der Waals surface area contributed by atoms with Gasteiger partial charge in [-0.15, -0.1) is 0 Å². The summed E-state index contributed by atoms with van der Waals surface area (Å²) in [4.78, 5) is 17.2. The van der Waals surface area contributed by atoms with E-state index >= 15 is 0 Å². The highest BCUT2D eigenvalue weighted by Crippen LogP contribution is 2.43. The summed E-state index contributed by atoms with van der Waals surface area (Å²) in [5.74, 6) is -0.272. The van der Waals surface area contributed by atoms with Crippen LogP contribution in [0.4, 0.5) is 10.2 Å². The number of nitrogens with one attached hydrogen (secondary N) is 1. The lowest BCUT2D eigenvalue weighted by molar-refractivity contribution is -0.116. The van der Waals surface area contributed by atoms with E-state index in [1.807, 2.05) is 25.1 Å². The zero-order valence-electron chi connectivity index (χ0n) is 15.0. The van der Waals surface area contributed by atoms with Crippen LogP contribution in [-0.4, -0.2) is 20.7 Å². The van der Waals surface area contributed by atoms with Gasteiger partial charge in [0.2, 0.25) is 11.0 Å². The Balaban J connectivity index is 1.68. The van der Waals surface area contributed by atoms with Gasteiger partial charge in [-0.1, -0.05) is 44.9 Å². The van der Waals surface area contributed by atoms with Gasteiger partial charge in [-0.3, -0.25) is 4.79 Å². The van der Waals surface area contributed by atoms with Crippen LogP contribution in [0.15, 0.2) is 40.9 Å². The Morgan fingerprint density at radius 1 is 1.31 bits per heavy atom. The van der Waals surface area contributed by atoms with E-state index < -0.39 is 5.82 Å². The largest absolute Gasteiger partial charge is 0.310 e. The molecule has 1 unspecified atom stereocenters. The van der Waals surface area contributed by atoms with E-state index in [1.165, 1.54) is 23.5 Å². The van der Waals surface area contributed by atoms with Crippen LogP contribution in [0, 0.1) is 12.7 Å². The minimum absolute atomic E-state index is 0.145. The lowest BCUT2D eigenvalue weighted by atomic mass is 9.86. The van der Waals surface area contributed by atoms with Crippen molar-refractivity contribution in [3.8, 4) is 5.13 Å². The summed E-state index contributed by atoms with van der Waals surface area (Å²) in [5.41, 5.74) is 3.21. The average molecular weight is 492 g/mol. The zero-order valence-corrected chi connectivity index (χ0v) is 18.2. The third-order valence-electron chi connectivity index (χ3n) is 4.96. The molecule has 1 aliphatic heterocycles. The van der Waals surface area contributed by atoms with Crippen molar-refractivity contribution < 1.29 is 9.18 Å². The summed E-state index contributed by atoms with van der Waals surface area (Å²) >= 11 is 11.3. The average Bonchev–Trinajstić information content (AvgIpc) is 3.21. The molecule has 1 amide bonds. The molecule has 0 saturated heterocycles. The number of aromatic nitrogens is 3. The number of benzene rings is 2. The first kappa shape index (κ1) is 18.7. The maximum Gasteiger partial charge on any atom is 0.226 e. The van der Waals surface area contributed by atoms with Gasteiger partial charge in [0.1, 0.15) is 11.6 Å². The Morgan fingerprint density at radius 2 is 2.14 bits per heavy atom. The number of aryl methyl sites for hydroxylation is 1. The minimum atomic E-state index is -0.410. The molecule has 1 N–H and O–H groups in total. The number of rotatable bonds is 2. The lowest BCUT2D eigenvalue weighted by Crippen LogP contribution is -2.25. The molecule has 1 atom stereocenters. The van der Waals surface area contributed by atoms with Gasteiger partial charge in [-0.25, -0.2) is 9.37 Å². The van der Waals surface area contributed by atoms with Crippen LogP contribution < -0.4 is 5.32 Å². The molecule has 0 fully saturated rings. The molecule has 0 saturated carbocycles. The van der Waals surface area contributed by atoms with Crippen molar-refractivity contribution in [2.75, 3.05) is 5.32 Å². The molecule has 0 spiro atoms. The van der Waals surface area contributed by atoms with Crippen LogP contribution in [0.3, 0.4) is 0 Å². The predicted octanol–water partition coefficient (Wildman–Crippen LogP) is 5.82. The first-order chi connectivity index (χ1) is 13.9. The standard InChI is InChI=1S/C20H13BrClFN4OS/c1-9-18-13(12-4-3-11(23)7-14(12)22)8-17(28)25-19(18)27(26-9)20-24-15-5-2-10(21)6-16(15)29-20/h2-7,13H,8H2,1H3,(H,25,28). The van der Waals surface area contributed by atoms with Crippen molar-refractivity contribution in [2.24, 2.45) is 0 Å². The molecule has 0 aliphatic carbocycles. The maximum absolute atomic E-state index is 13.5. The summed E-state index contributed by atoms with van der Waals surface area (Å²) in [6.07, 6.45) is 0.220. The van der Waals surface area contributed by atoms with E-state index in [4.69, 9.17) is 11.6 Å². The quantitative estimate of drug-likeness (QED) is 0.384. The van der Waals surface area contributed by atoms with Crippen LogP contribution in [0.2, 0.25) is 5.02 Å². The molecule has 1 aliphatic rings. The topological polar surface area (TPSA) is 59.8 Å². The number of amides is 1. The van der Waals surface area contributed by atoms with Crippen molar-refractivity contribution in [3.63, 3.8) is 0 Å². The number of hydrogen-bond donors (Lipinski definition) is 1. The molecule has 146 valence electrons. The second-order valence-electron chi connectivity index (χ2n) is 6.84. The molecule has 2 aromatic carbocycles. The summed E-state index contributed by atoms with van der Waals surface area (Å²) in [6, 6.07) is 10.1. The van der Waals surface area contributed by atoms with Crippen molar-refractivity contribution in [2.45, 2.75) is 19.3 Å². The Hall–Kier alpha value is -2.29. The molecule has 2 aromatic heterocycles. The number of fused-ring (bicyclic) bond motifs is 2. The summed E-state index contributed by atoms with van der Waals surface area (Å²) in [6.45, 7) is 1.89. The minimum Gasteiger partial charge on any atom is -0.310 e. The van der Waals surface area contributed by atoms with E-state index in [0.717, 1.165) is 25.9 Å². The van der Waals surface area contributed by atoms with Gasteiger partial charge >= 0.3 is 0 Å². The molecule has 0 bridgehead atoms. The molecule has 0 radical (unpaired) electrons. The summed E-state index contributed by atoms with van der Waals surface area (Å²) < 4.78 is 17.2. The first-order valence-corrected chi connectivity index (χ1v) is 10.8. The molecule has 5 rings (SSSR count). The molecule has 5 nitrogen and oxygen atoms in total. The Labute approximate surface area is 182 Å². The number of hydrogen-bond acceptors (Lipinski definition) is 4. The lowest BCUT2D eigenvalue weighted by Gasteiger charge is -2.24. The van der Waals surface area contributed by atoms with Gasteiger partial charge in [0.15, 0.2) is 0 Å². The predicted molar refractivity (Wildman–Crippen MR) is 116 cm³/mol. The fourth-order valence-electron chi connectivity index (χ4n) is 3.71. The van der Waals surface area contributed by atoms with Gasteiger partial charge in [0, 0.05) is 27.4 Å². The van der Waals surface area contributed by atoms with Crippen molar-refractivity contribution in [3.05, 3.63) is 68.5 Å². The molecule has 3 heterocycles. The van der Waals surface area contributed by atoms with Crippen molar-refractivity contribution in [1.82, 2.24) is 14.8 Å². The Morgan fingerprint density at radius 3 is 2.93 bits per heavy atom. The van der Waals surface area contributed by atoms with E-state index in [-0.39, 0.29) is 18.2 Å². The Kier molecular flexibility index (Phi) is 4.45. The maximum atomic E-state index is 13.5. The van der Waals surface area contributed by atoms with Crippen LogP contribution in [0.25, 0.3) is 15.3 Å². The number of carbonyl (C=O) groups is 1. The number of thiazole rings is 1. The third kappa shape index (κ3) is 3.15. The van der Waals surface area contributed by atoms with Gasteiger partial charge in [-0.2, -0.15) is 9.78 Å². The summed E-state index contributed by atoms with van der Waals surface area (Å²) in [7, 11) is 0. The zero-order chi connectivity index (χ0) is 20.3. The van der Waals surface area contributed by atoms with Crippen LogP contribution in [0.1, 0.15) is 29.2 Å². The van der Waals surface area contributed by atoms with E-state index in [9.17, 15) is 9.18 Å². The van der Waals surface area contributed by atoms with Gasteiger partial charge < -0.3 is 5.32 Å². The Bertz CT molecular complexity index is 1300. The van der Waals surface area contributed by atoms with Gasteiger partial charge in [-0.05, 0) is 42.8 Å². The normalized spacial score (nSPS) is 16.1. The number of carbonyl (C=O) groups excluding carboxylic acids is 1. The van der Waals surface area contributed by atoms with Crippen LogP contribution in [0.5, 0.6) is 0 Å². The second-order valence-corrected chi connectivity index (χ2v) is 9.17. The van der Waals surface area contributed by atoms with E-state index in [2.05, 4.69) is 31.3 Å². The monoisotopic (exact) mass is 490 g/mol. The molecular weight excluding hydrogens is 479 g/mol. The van der Waals surface area contributed by atoms with Crippen molar-refractivity contribution in [1.29, 1.82) is 0 Å². The van der Waals surface area contributed by atoms with Crippen LogP contribution in [-0.2, 0) is 4.79 Å². The first-order valence-electron chi connectivity index (χ1n) is 8.81. The highest BCUT2D eigenvalue weighted by atomic mass is 79.9. The third-order valence-corrected chi connectivity index (χ3v) is 6.78. The fourth-order valence-corrected chi connectivity index (χ4v) is 5.49. The number of nitrogens with zero attached hydrogens (tertiary/aromatic N) is 3.